The largest absolute Gasteiger partial charge is 0.347 e. The predicted octanol–water partition coefficient (Wildman–Crippen LogP) is 3.68. The third-order valence-corrected chi connectivity index (χ3v) is 4.04. The SMILES string of the molecule is CN(C)c1nc(Nc2cc(Cl)c(Br)c(Cl)c2)n[nH]1. The Labute approximate surface area is 123 Å². The number of benzene rings is 1. The van der Waals surface area contributed by atoms with Gasteiger partial charge in [-0.25, -0.2) is 5.10 Å². The molecule has 1 heterocycles. The second kappa shape index (κ2) is 5.34. The fraction of sp³-hybridized carbons (Fsp3) is 0.200. The van der Waals surface area contributed by atoms with Gasteiger partial charge < -0.3 is 10.2 Å². The van der Waals surface area contributed by atoms with Gasteiger partial charge in [-0.2, -0.15) is 4.98 Å². The molecule has 2 aromatic rings. The zero-order valence-electron chi connectivity index (χ0n) is 9.63. The fourth-order valence-corrected chi connectivity index (χ4v) is 1.98. The quantitative estimate of drug-likeness (QED) is 0.829. The van der Waals surface area contributed by atoms with E-state index in [0.29, 0.717) is 26.4 Å². The normalized spacial score (nSPS) is 10.5. The zero-order chi connectivity index (χ0) is 13.3. The van der Waals surface area contributed by atoms with Gasteiger partial charge in [-0.1, -0.05) is 23.2 Å². The summed E-state index contributed by atoms with van der Waals surface area (Å²) in [5.41, 5.74) is 0.720. The highest BCUT2D eigenvalue weighted by Crippen LogP contribution is 2.34. The van der Waals surface area contributed by atoms with E-state index in [2.05, 4.69) is 36.4 Å². The number of anilines is 3. The van der Waals surface area contributed by atoms with E-state index in [1.54, 1.807) is 12.1 Å². The number of halogens is 3. The number of aromatic nitrogens is 3. The lowest BCUT2D eigenvalue weighted by Crippen LogP contribution is -2.10. The van der Waals surface area contributed by atoms with E-state index in [4.69, 9.17) is 23.2 Å². The van der Waals surface area contributed by atoms with Gasteiger partial charge in [0.25, 0.3) is 0 Å². The molecule has 0 aliphatic carbocycles. The summed E-state index contributed by atoms with van der Waals surface area (Å²) in [6.07, 6.45) is 0. The van der Waals surface area contributed by atoms with Gasteiger partial charge in [0.2, 0.25) is 11.9 Å². The predicted molar refractivity (Wildman–Crippen MR) is 78.2 cm³/mol. The first-order chi connectivity index (χ1) is 8.47. The molecule has 0 saturated heterocycles. The lowest BCUT2D eigenvalue weighted by molar-refractivity contribution is 0.999. The highest BCUT2D eigenvalue weighted by Gasteiger charge is 2.08. The van der Waals surface area contributed by atoms with Gasteiger partial charge in [0.15, 0.2) is 0 Å². The number of hydrogen-bond donors (Lipinski definition) is 2. The summed E-state index contributed by atoms with van der Waals surface area (Å²) in [6, 6.07) is 3.48. The van der Waals surface area contributed by atoms with Gasteiger partial charge in [0, 0.05) is 19.8 Å². The molecule has 2 rings (SSSR count). The minimum Gasteiger partial charge on any atom is -0.347 e. The molecule has 96 valence electrons. The van der Waals surface area contributed by atoms with Crippen LogP contribution in [0.5, 0.6) is 0 Å². The molecule has 2 N–H and O–H groups in total. The highest BCUT2D eigenvalue weighted by molar-refractivity contribution is 9.10. The molecule has 0 unspecified atom stereocenters. The molecule has 8 heteroatoms. The van der Waals surface area contributed by atoms with Crippen LogP contribution in [-0.2, 0) is 0 Å². The van der Waals surface area contributed by atoms with Crippen molar-refractivity contribution in [2.24, 2.45) is 0 Å². The van der Waals surface area contributed by atoms with E-state index in [9.17, 15) is 0 Å². The van der Waals surface area contributed by atoms with Crippen molar-refractivity contribution in [1.29, 1.82) is 0 Å². The van der Waals surface area contributed by atoms with Crippen LogP contribution in [0.25, 0.3) is 0 Å². The summed E-state index contributed by atoms with van der Waals surface area (Å²) in [7, 11) is 3.75. The number of aromatic amines is 1. The molecule has 1 aromatic heterocycles. The molecule has 0 aliphatic rings. The smallest absolute Gasteiger partial charge is 0.248 e. The number of nitrogens with zero attached hydrogens (tertiary/aromatic N) is 3. The highest BCUT2D eigenvalue weighted by atomic mass is 79.9. The van der Waals surface area contributed by atoms with Gasteiger partial charge in [-0.3, -0.25) is 0 Å². The molecular weight excluding hydrogens is 341 g/mol. The standard InChI is InChI=1S/C10H10BrCl2N5/c1-18(2)10-15-9(16-17-10)14-5-3-6(12)8(11)7(13)4-5/h3-4H,1-2H3,(H2,14,15,16,17). The van der Waals surface area contributed by atoms with E-state index in [-0.39, 0.29) is 0 Å². The van der Waals surface area contributed by atoms with E-state index in [0.717, 1.165) is 5.69 Å². The van der Waals surface area contributed by atoms with Crippen molar-refractivity contribution in [3.63, 3.8) is 0 Å². The number of rotatable bonds is 3. The van der Waals surface area contributed by atoms with E-state index in [1.807, 2.05) is 19.0 Å². The number of H-pyrrole nitrogens is 1. The molecule has 5 nitrogen and oxygen atoms in total. The molecule has 0 radical (unpaired) electrons. The Kier molecular flexibility index (Phi) is 3.99. The Bertz CT molecular complexity index is 546. The summed E-state index contributed by atoms with van der Waals surface area (Å²) >= 11 is 15.3. The molecule has 1 aromatic carbocycles. The van der Waals surface area contributed by atoms with E-state index < -0.39 is 0 Å². The van der Waals surface area contributed by atoms with Crippen molar-refractivity contribution in [1.82, 2.24) is 15.2 Å². The maximum absolute atomic E-state index is 6.01. The summed E-state index contributed by atoms with van der Waals surface area (Å²) in [5.74, 6) is 1.11. The Balaban J connectivity index is 2.23. The molecule has 0 aliphatic heterocycles. The lowest BCUT2D eigenvalue weighted by Gasteiger charge is -2.06. The van der Waals surface area contributed by atoms with Crippen LogP contribution in [0.3, 0.4) is 0 Å². The van der Waals surface area contributed by atoms with Crippen molar-refractivity contribution in [2.75, 3.05) is 24.3 Å². The van der Waals surface area contributed by atoms with Gasteiger partial charge in [-0.15, -0.1) is 5.10 Å². The molecule has 0 bridgehead atoms. The average Bonchev–Trinajstić information content (AvgIpc) is 2.74. The summed E-state index contributed by atoms with van der Waals surface area (Å²) < 4.78 is 0.667. The van der Waals surface area contributed by atoms with Crippen molar-refractivity contribution in [3.05, 3.63) is 26.7 Å². The van der Waals surface area contributed by atoms with Gasteiger partial charge in [0.1, 0.15) is 0 Å². The Hall–Kier alpha value is -0.980. The van der Waals surface area contributed by atoms with Crippen LogP contribution in [0.1, 0.15) is 0 Å². The molecule has 18 heavy (non-hydrogen) atoms. The van der Waals surface area contributed by atoms with Gasteiger partial charge in [-0.05, 0) is 28.1 Å². The summed E-state index contributed by atoms with van der Waals surface area (Å²) in [5, 5.41) is 10.9. The topological polar surface area (TPSA) is 56.8 Å². The third-order valence-electron chi connectivity index (χ3n) is 2.14. The number of hydrogen-bond acceptors (Lipinski definition) is 4. The molecule has 0 atom stereocenters. The lowest BCUT2D eigenvalue weighted by atomic mass is 10.3. The van der Waals surface area contributed by atoms with Crippen LogP contribution in [0.4, 0.5) is 17.6 Å². The summed E-state index contributed by atoms with van der Waals surface area (Å²) in [6.45, 7) is 0. The van der Waals surface area contributed by atoms with Crippen LogP contribution in [0, 0.1) is 0 Å². The Morgan fingerprint density at radius 2 is 1.89 bits per heavy atom. The van der Waals surface area contributed by atoms with Crippen molar-refractivity contribution >= 4 is 56.7 Å². The van der Waals surface area contributed by atoms with Crippen molar-refractivity contribution in [3.8, 4) is 0 Å². The van der Waals surface area contributed by atoms with Crippen molar-refractivity contribution < 1.29 is 0 Å². The van der Waals surface area contributed by atoms with E-state index in [1.165, 1.54) is 0 Å². The zero-order valence-corrected chi connectivity index (χ0v) is 12.7. The van der Waals surface area contributed by atoms with Crippen LogP contribution in [0.2, 0.25) is 10.0 Å². The minimum absolute atomic E-state index is 0.452. The first kappa shape index (κ1) is 13.5. The second-order valence-corrected chi connectivity index (χ2v) is 5.36. The molecular formula is C10H10BrCl2N5. The molecule has 0 spiro atoms. The molecule has 0 saturated carbocycles. The van der Waals surface area contributed by atoms with Crippen LogP contribution in [0.15, 0.2) is 16.6 Å². The fourth-order valence-electron chi connectivity index (χ4n) is 1.27. The van der Waals surface area contributed by atoms with E-state index >= 15 is 0 Å². The maximum atomic E-state index is 6.01. The Morgan fingerprint density at radius 1 is 1.28 bits per heavy atom. The van der Waals surface area contributed by atoms with Gasteiger partial charge >= 0.3 is 0 Å². The van der Waals surface area contributed by atoms with Gasteiger partial charge in [0.05, 0.1) is 14.5 Å². The Morgan fingerprint density at radius 3 is 2.39 bits per heavy atom. The maximum Gasteiger partial charge on any atom is 0.248 e. The van der Waals surface area contributed by atoms with Crippen LogP contribution < -0.4 is 10.2 Å². The van der Waals surface area contributed by atoms with Crippen LogP contribution >= 0.6 is 39.1 Å². The first-order valence-corrected chi connectivity index (χ1v) is 6.53. The summed E-state index contributed by atoms with van der Waals surface area (Å²) in [4.78, 5) is 6.06. The first-order valence-electron chi connectivity index (χ1n) is 4.98. The third kappa shape index (κ3) is 2.88. The van der Waals surface area contributed by atoms with Crippen molar-refractivity contribution in [2.45, 2.75) is 0 Å². The monoisotopic (exact) mass is 349 g/mol. The van der Waals surface area contributed by atoms with Crippen LogP contribution in [-0.4, -0.2) is 29.3 Å². The minimum atomic E-state index is 0.452. The second-order valence-electron chi connectivity index (χ2n) is 3.76. The molecule has 0 fully saturated rings. The average molecular weight is 351 g/mol. The number of nitrogens with one attached hydrogen (secondary N) is 2. The molecule has 0 amide bonds.